The van der Waals surface area contributed by atoms with E-state index in [1.165, 1.54) is 0 Å². The predicted octanol–water partition coefficient (Wildman–Crippen LogP) is 6.09. The molecule has 0 radical (unpaired) electrons. The second kappa shape index (κ2) is 6.53. The van der Waals surface area contributed by atoms with Crippen LogP contribution in [0.15, 0.2) is 0 Å². The van der Waals surface area contributed by atoms with E-state index in [-0.39, 0.29) is 28.6 Å². The van der Waals surface area contributed by atoms with Crippen LogP contribution in [0, 0.1) is 28.1 Å². The van der Waals surface area contributed by atoms with Crippen molar-refractivity contribution in [2.75, 3.05) is 0 Å². The van der Waals surface area contributed by atoms with Gasteiger partial charge in [0.2, 0.25) is 0 Å². The molecule has 0 aromatic rings. The number of hydrogen-bond acceptors (Lipinski definition) is 2. The Balaban J connectivity index is 5.67. The lowest BCUT2D eigenvalue weighted by atomic mass is 9.61. The van der Waals surface area contributed by atoms with Crippen LogP contribution in [0.25, 0.3) is 0 Å². The van der Waals surface area contributed by atoms with E-state index in [4.69, 9.17) is 4.74 Å². The molecular weight excluding hydrogens is 272 g/mol. The fourth-order valence-corrected chi connectivity index (χ4v) is 2.92. The first kappa shape index (κ1) is 21.5. The second-order valence-electron chi connectivity index (χ2n) is 10.2. The van der Waals surface area contributed by atoms with Crippen LogP contribution in [0.4, 0.5) is 0 Å². The molecule has 0 bridgehead atoms. The molecule has 2 nitrogen and oxygen atoms in total. The summed E-state index contributed by atoms with van der Waals surface area (Å²) in [6.07, 6.45) is 0.814. The average molecular weight is 313 g/mol. The SMILES string of the molecule is CC(C)C(C)(OC(=O)C(C)(CC(C)(C)C)C(C)(C)C)C(C)C. The summed E-state index contributed by atoms with van der Waals surface area (Å²) >= 11 is 0. The summed E-state index contributed by atoms with van der Waals surface area (Å²) in [4.78, 5) is 13.2. The van der Waals surface area contributed by atoms with Crippen molar-refractivity contribution in [3.63, 3.8) is 0 Å². The number of rotatable bonds is 5. The Kier molecular flexibility index (Phi) is 6.37. The number of carbonyl (C=O) groups excluding carboxylic acids is 1. The Bertz CT molecular complexity index is 371. The van der Waals surface area contributed by atoms with E-state index < -0.39 is 11.0 Å². The van der Waals surface area contributed by atoms with Crippen molar-refractivity contribution in [2.24, 2.45) is 28.1 Å². The minimum absolute atomic E-state index is 0.0557. The molecule has 22 heavy (non-hydrogen) atoms. The van der Waals surface area contributed by atoms with Gasteiger partial charge in [-0.05, 0) is 42.9 Å². The lowest BCUT2D eigenvalue weighted by Crippen LogP contribution is -2.50. The molecule has 0 saturated carbocycles. The van der Waals surface area contributed by atoms with Crippen LogP contribution in [-0.2, 0) is 9.53 Å². The first-order valence-electron chi connectivity index (χ1n) is 8.71. The Labute approximate surface area is 139 Å². The molecule has 0 saturated heterocycles. The van der Waals surface area contributed by atoms with Gasteiger partial charge in [-0.25, -0.2) is 0 Å². The molecule has 1 atom stereocenters. The van der Waals surface area contributed by atoms with Gasteiger partial charge < -0.3 is 4.74 Å². The van der Waals surface area contributed by atoms with E-state index in [2.05, 4.69) is 83.1 Å². The average Bonchev–Trinajstić information content (AvgIpc) is 2.23. The maximum absolute atomic E-state index is 13.2. The Morgan fingerprint density at radius 1 is 0.818 bits per heavy atom. The molecule has 0 rings (SSSR count). The lowest BCUT2D eigenvalue weighted by Gasteiger charge is -2.47. The molecule has 0 spiro atoms. The molecule has 0 aliphatic carbocycles. The summed E-state index contributed by atoms with van der Waals surface area (Å²) in [6.45, 7) is 25.7. The molecule has 0 aliphatic rings. The molecule has 0 aromatic carbocycles. The Morgan fingerprint density at radius 2 is 1.18 bits per heavy atom. The number of carbonyl (C=O) groups is 1. The Hall–Kier alpha value is -0.530. The monoisotopic (exact) mass is 312 g/mol. The van der Waals surface area contributed by atoms with Crippen LogP contribution >= 0.6 is 0 Å². The standard InChI is InChI=1S/C20H40O2/c1-14(2)20(12,15(3)4)22-16(21)19(11,18(8,9)10)13-17(5,6)7/h14-15H,13H2,1-12H3. The van der Waals surface area contributed by atoms with Crippen LogP contribution in [0.3, 0.4) is 0 Å². The third-order valence-corrected chi connectivity index (χ3v) is 5.60. The van der Waals surface area contributed by atoms with Gasteiger partial charge >= 0.3 is 5.97 Å². The molecule has 132 valence electrons. The minimum atomic E-state index is -0.504. The Morgan fingerprint density at radius 3 is 1.41 bits per heavy atom. The van der Waals surface area contributed by atoms with Crippen molar-refractivity contribution in [1.29, 1.82) is 0 Å². The zero-order valence-corrected chi connectivity index (χ0v) is 17.2. The van der Waals surface area contributed by atoms with Crippen molar-refractivity contribution < 1.29 is 9.53 Å². The van der Waals surface area contributed by atoms with Gasteiger partial charge in [0.25, 0.3) is 0 Å². The van der Waals surface area contributed by atoms with Crippen molar-refractivity contribution in [3.8, 4) is 0 Å². The summed E-state index contributed by atoms with van der Waals surface area (Å²) in [6, 6.07) is 0. The highest BCUT2D eigenvalue weighted by molar-refractivity contribution is 5.78. The van der Waals surface area contributed by atoms with Gasteiger partial charge in [0, 0.05) is 0 Å². The summed E-state index contributed by atoms with van der Waals surface area (Å²) in [5.41, 5.74) is -1.00. The third kappa shape index (κ3) is 4.73. The molecule has 0 fully saturated rings. The highest BCUT2D eigenvalue weighted by Gasteiger charge is 2.50. The summed E-state index contributed by atoms with van der Waals surface area (Å²) < 4.78 is 6.16. The van der Waals surface area contributed by atoms with E-state index in [1.54, 1.807) is 0 Å². The van der Waals surface area contributed by atoms with E-state index in [9.17, 15) is 4.79 Å². The zero-order chi connectivity index (χ0) is 18.1. The van der Waals surface area contributed by atoms with Crippen LogP contribution in [-0.4, -0.2) is 11.6 Å². The zero-order valence-electron chi connectivity index (χ0n) is 17.2. The van der Waals surface area contributed by atoms with Gasteiger partial charge in [-0.3, -0.25) is 4.79 Å². The fraction of sp³-hybridized carbons (Fsp3) is 0.950. The third-order valence-electron chi connectivity index (χ3n) is 5.60. The number of hydrogen-bond donors (Lipinski definition) is 0. The smallest absolute Gasteiger partial charge is 0.312 e. The van der Waals surface area contributed by atoms with Gasteiger partial charge in [-0.15, -0.1) is 0 Å². The van der Waals surface area contributed by atoms with Gasteiger partial charge in [-0.2, -0.15) is 0 Å². The highest BCUT2D eigenvalue weighted by atomic mass is 16.6. The molecule has 0 amide bonds. The first-order chi connectivity index (χ1) is 9.47. The molecule has 0 N–H and O–H groups in total. The van der Waals surface area contributed by atoms with Gasteiger partial charge in [0.15, 0.2) is 0 Å². The van der Waals surface area contributed by atoms with Crippen molar-refractivity contribution >= 4 is 5.97 Å². The van der Waals surface area contributed by atoms with Gasteiger partial charge in [0.05, 0.1) is 5.41 Å². The normalized spacial score (nSPS) is 16.8. The molecule has 0 aromatic heterocycles. The first-order valence-corrected chi connectivity index (χ1v) is 8.71. The number of ether oxygens (including phenoxy) is 1. The van der Waals surface area contributed by atoms with Crippen LogP contribution in [0.2, 0.25) is 0 Å². The summed E-state index contributed by atoms with van der Waals surface area (Å²) in [5.74, 6) is 0.519. The minimum Gasteiger partial charge on any atom is -0.458 e. The predicted molar refractivity (Wildman–Crippen MR) is 95.8 cm³/mol. The maximum Gasteiger partial charge on any atom is 0.312 e. The van der Waals surface area contributed by atoms with Crippen molar-refractivity contribution in [2.45, 2.75) is 95.1 Å². The van der Waals surface area contributed by atoms with E-state index in [1.807, 2.05) is 0 Å². The molecule has 0 heterocycles. The van der Waals surface area contributed by atoms with Crippen molar-refractivity contribution in [3.05, 3.63) is 0 Å². The largest absolute Gasteiger partial charge is 0.458 e. The van der Waals surface area contributed by atoms with Crippen LogP contribution < -0.4 is 0 Å². The molecule has 0 aliphatic heterocycles. The maximum atomic E-state index is 13.2. The van der Waals surface area contributed by atoms with Crippen LogP contribution in [0.5, 0.6) is 0 Å². The topological polar surface area (TPSA) is 26.3 Å². The number of esters is 1. The lowest BCUT2D eigenvalue weighted by molar-refractivity contribution is -0.189. The quantitative estimate of drug-likeness (QED) is 0.574. The summed E-state index contributed by atoms with van der Waals surface area (Å²) in [5, 5.41) is 0. The molecular formula is C20H40O2. The molecule has 2 heteroatoms. The fourth-order valence-electron chi connectivity index (χ4n) is 2.92. The van der Waals surface area contributed by atoms with Gasteiger partial charge in [-0.1, -0.05) is 69.2 Å². The van der Waals surface area contributed by atoms with Gasteiger partial charge in [0.1, 0.15) is 5.60 Å². The van der Waals surface area contributed by atoms with E-state index in [0.29, 0.717) is 0 Å². The molecule has 1 unspecified atom stereocenters. The second-order valence-corrected chi connectivity index (χ2v) is 10.2. The van der Waals surface area contributed by atoms with Crippen molar-refractivity contribution in [1.82, 2.24) is 0 Å². The van der Waals surface area contributed by atoms with Crippen LogP contribution in [0.1, 0.15) is 89.5 Å². The highest BCUT2D eigenvalue weighted by Crippen LogP contribution is 2.48. The summed E-state index contributed by atoms with van der Waals surface area (Å²) in [7, 11) is 0. The van der Waals surface area contributed by atoms with E-state index in [0.717, 1.165) is 6.42 Å². The van der Waals surface area contributed by atoms with E-state index >= 15 is 0 Å².